The van der Waals surface area contributed by atoms with E-state index in [2.05, 4.69) is 9.52 Å². The molecular formula is C10H8ClFN2O2. The molecule has 0 N–H and O–H groups in total. The zero-order valence-corrected chi connectivity index (χ0v) is 8.89. The number of nitrogens with zero attached hydrogens (tertiary/aromatic N) is 2. The van der Waals surface area contributed by atoms with Crippen molar-refractivity contribution in [2.75, 3.05) is 0 Å². The first-order valence-electron chi connectivity index (χ1n) is 4.57. The molecule has 0 unspecified atom stereocenters. The van der Waals surface area contributed by atoms with Crippen molar-refractivity contribution in [2.24, 2.45) is 0 Å². The van der Waals surface area contributed by atoms with E-state index in [0.29, 0.717) is 10.6 Å². The van der Waals surface area contributed by atoms with E-state index in [-0.39, 0.29) is 6.54 Å². The van der Waals surface area contributed by atoms with Crippen LogP contribution in [0, 0.1) is 0 Å². The molecule has 0 fully saturated rings. The van der Waals surface area contributed by atoms with Crippen molar-refractivity contribution in [2.45, 2.75) is 12.7 Å². The second kappa shape index (κ2) is 4.49. The van der Waals surface area contributed by atoms with E-state index < -0.39 is 11.9 Å². The molecule has 1 aromatic heterocycles. The second-order valence-corrected chi connectivity index (χ2v) is 3.64. The Morgan fingerprint density at radius 3 is 2.69 bits per heavy atom. The van der Waals surface area contributed by atoms with Crippen LogP contribution in [-0.2, 0) is 6.54 Å². The Morgan fingerprint density at radius 1 is 1.44 bits per heavy atom. The first-order chi connectivity index (χ1) is 7.66. The lowest BCUT2D eigenvalue weighted by Crippen LogP contribution is -2.18. The first kappa shape index (κ1) is 10.9. The molecule has 0 aliphatic carbocycles. The summed E-state index contributed by atoms with van der Waals surface area (Å²) in [4.78, 5) is 11.0. The van der Waals surface area contributed by atoms with Crippen molar-refractivity contribution in [1.29, 1.82) is 0 Å². The Bertz CT molecular complexity index is 520. The van der Waals surface area contributed by atoms with Gasteiger partial charge in [-0.2, -0.15) is 4.68 Å². The molecule has 84 valence electrons. The Labute approximate surface area is 95.3 Å². The summed E-state index contributed by atoms with van der Waals surface area (Å²) in [6.07, 6.45) is -0.336. The van der Waals surface area contributed by atoms with Crippen LogP contribution in [0.25, 0.3) is 0 Å². The Morgan fingerprint density at radius 2 is 2.12 bits per heavy atom. The number of benzene rings is 1. The monoisotopic (exact) mass is 242 g/mol. The average molecular weight is 243 g/mol. The molecule has 0 bridgehead atoms. The smallest absolute Gasteiger partial charge is 0.395 e. The molecule has 0 aliphatic rings. The summed E-state index contributed by atoms with van der Waals surface area (Å²) in [5, 5.41) is 4.11. The van der Waals surface area contributed by atoms with Crippen LogP contribution in [-0.4, -0.2) is 9.78 Å². The summed E-state index contributed by atoms with van der Waals surface area (Å²) >= 11 is 5.68. The van der Waals surface area contributed by atoms with Gasteiger partial charge in [0.15, 0.2) is 0 Å². The van der Waals surface area contributed by atoms with Gasteiger partial charge in [-0.3, -0.25) is 0 Å². The SMILES string of the molecule is O=c1ocnn1C[C@@H](F)c1ccc(Cl)cc1. The minimum absolute atomic E-state index is 0.170. The molecule has 1 atom stereocenters. The Hall–Kier alpha value is -1.62. The summed E-state index contributed by atoms with van der Waals surface area (Å²) in [7, 11) is 0. The van der Waals surface area contributed by atoms with Gasteiger partial charge >= 0.3 is 5.76 Å². The minimum Gasteiger partial charge on any atom is -0.395 e. The van der Waals surface area contributed by atoms with E-state index in [9.17, 15) is 9.18 Å². The summed E-state index contributed by atoms with van der Waals surface area (Å²) in [6, 6.07) is 6.32. The number of aromatic nitrogens is 2. The number of halogens is 2. The summed E-state index contributed by atoms with van der Waals surface area (Å²) in [6.45, 7) is -0.170. The maximum Gasteiger partial charge on any atom is 0.437 e. The average Bonchev–Trinajstić information content (AvgIpc) is 2.65. The van der Waals surface area contributed by atoms with Crippen LogP contribution in [0.1, 0.15) is 11.7 Å². The molecule has 1 heterocycles. The highest BCUT2D eigenvalue weighted by Gasteiger charge is 2.13. The van der Waals surface area contributed by atoms with Crippen molar-refractivity contribution in [1.82, 2.24) is 9.78 Å². The van der Waals surface area contributed by atoms with E-state index in [4.69, 9.17) is 11.6 Å². The van der Waals surface area contributed by atoms with Gasteiger partial charge < -0.3 is 4.42 Å². The maximum atomic E-state index is 13.7. The van der Waals surface area contributed by atoms with Gasteiger partial charge in [0, 0.05) is 5.02 Å². The van der Waals surface area contributed by atoms with E-state index in [0.717, 1.165) is 11.1 Å². The van der Waals surface area contributed by atoms with Gasteiger partial charge in [0.1, 0.15) is 6.17 Å². The first-order valence-corrected chi connectivity index (χ1v) is 4.95. The minimum atomic E-state index is -1.32. The third kappa shape index (κ3) is 2.30. The molecule has 0 aliphatic heterocycles. The lowest BCUT2D eigenvalue weighted by molar-refractivity contribution is 0.283. The standard InChI is InChI=1S/C10H8ClFN2O2/c11-8-3-1-7(2-4-8)9(12)5-14-10(15)16-6-13-14/h1-4,6,9H,5H2/t9-/m1/s1. The quantitative estimate of drug-likeness (QED) is 0.829. The van der Waals surface area contributed by atoms with E-state index in [1.165, 1.54) is 0 Å². The second-order valence-electron chi connectivity index (χ2n) is 3.21. The van der Waals surface area contributed by atoms with Crippen molar-refractivity contribution in [3.8, 4) is 0 Å². The third-order valence-electron chi connectivity index (χ3n) is 2.12. The maximum absolute atomic E-state index is 13.7. The Kier molecular flexibility index (Phi) is 3.05. The molecule has 16 heavy (non-hydrogen) atoms. The topological polar surface area (TPSA) is 48.0 Å². The van der Waals surface area contributed by atoms with E-state index in [1.54, 1.807) is 24.3 Å². The zero-order valence-electron chi connectivity index (χ0n) is 8.14. The van der Waals surface area contributed by atoms with Crippen LogP contribution in [0.3, 0.4) is 0 Å². The molecule has 1 aromatic carbocycles. The summed E-state index contributed by atoms with van der Waals surface area (Å²) in [5.74, 6) is -0.670. The van der Waals surface area contributed by atoms with Gasteiger partial charge in [-0.15, -0.1) is 5.10 Å². The molecule has 0 amide bonds. The molecular weight excluding hydrogens is 235 g/mol. The molecule has 0 radical (unpaired) electrons. The highest BCUT2D eigenvalue weighted by atomic mass is 35.5. The van der Waals surface area contributed by atoms with Gasteiger partial charge in [-0.1, -0.05) is 23.7 Å². The fraction of sp³-hybridized carbons (Fsp3) is 0.200. The molecule has 6 heteroatoms. The fourth-order valence-electron chi connectivity index (χ4n) is 1.28. The van der Waals surface area contributed by atoms with Crippen molar-refractivity contribution < 1.29 is 8.81 Å². The number of alkyl halides is 1. The third-order valence-corrected chi connectivity index (χ3v) is 2.37. The molecule has 0 saturated carbocycles. The summed E-state index contributed by atoms with van der Waals surface area (Å²) < 4.78 is 19.1. The predicted octanol–water partition coefficient (Wildman–Crippen LogP) is 2.20. The van der Waals surface area contributed by atoms with Crippen LogP contribution in [0.4, 0.5) is 4.39 Å². The predicted molar refractivity (Wildman–Crippen MR) is 56.1 cm³/mol. The van der Waals surface area contributed by atoms with Crippen LogP contribution in [0.15, 0.2) is 39.9 Å². The van der Waals surface area contributed by atoms with Crippen molar-refractivity contribution in [3.05, 3.63) is 51.8 Å². The molecule has 4 nitrogen and oxygen atoms in total. The fourth-order valence-corrected chi connectivity index (χ4v) is 1.41. The van der Waals surface area contributed by atoms with Crippen molar-refractivity contribution >= 4 is 11.6 Å². The van der Waals surface area contributed by atoms with Crippen LogP contribution in [0.5, 0.6) is 0 Å². The van der Waals surface area contributed by atoms with Crippen LogP contribution < -0.4 is 5.76 Å². The molecule has 2 aromatic rings. The zero-order chi connectivity index (χ0) is 11.5. The van der Waals surface area contributed by atoms with Crippen LogP contribution >= 0.6 is 11.6 Å². The molecule has 0 saturated heterocycles. The lowest BCUT2D eigenvalue weighted by atomic mass is 10.1. The number of rotatable bonds is 3. The van der Waals surface area contributed by atoms with Crippen LogP contribution in [0.2, 0.25) is 5.02 Å². The molecule has 2 rings (SSSR count). The summed E-state index contributed by atoms with van der Waals surface area (Å²) in [5.41, 5.74) is 0.444. The van der Waals surface area contributed by atoms with Gasteiger partial charge in [-0.05, 0) is 17.7 Å². The largest absolute Gasteiger partial charge is 0.437 e. The highest BCUT2D eigenvalue weighted by molar-refractivity contribution is 6.30. The van der Waals surface area contributed by atoms with E-state index >= 15 is 0 Å². The Balaban J connectivity index is 2.14. The normalized spacial score (nSPS) is 12.6. The molecule has 0 spiro atoms. The van der Waals surface area contributed by atoms with Gasteiger partial charge in [0.2, 0.25) is 6.39 Å². The van der Waals surface area contributed by atoms with Gasteiger partial charge in [0.25, 0.3) is 0 Å². The van der Waals surface area contributed by atoms with E-state index in [1.807, 2.05) is 0 Å². The van der Waals surface area contributed by atoms with Gasteiger partial charge in [-0.25, -0.2) is 9.18 Å². The number of hydrogen-bond acceptors (Lipinski definition) is 3. The number of hydrogen-bond donors (Lipinski definition) is 0. The van der Waals surface area contributed by atoms with Gasteiger partial charge in [0.05, 0.1) is 6.54 Å². The van der Waals surface area contributed by atoms with Crippen molar-refractivity contribution in [3.63, 3.8) is 0 Å². The highest BCUT2D eigenvalue weighted by Crippen LogP contribution is 2.20. The lowest BCUT2D eigenvalue weighted by Gasteiger charge is -2.06.